The third-order valence-electron chi connectivity index (χ3n) is 5.49. The first-order chi connectivity index (χ1) is 14.7. The van der Waals surface area contributed by atoms with Gasteiger partial charge in [0.2, 0.25) is 15.9 Å². The van der Waals surface area contributed by atoms with Gasteiger partial charge in [0.05, 0.1) is 4.90 Å². The minimum Gasteiger partial charge on any atom is -0.371 e. The number of nitrogens with one attached hydrogen (secondary N) is 2. The lowest BCUT2D eigenvalue weighted by Crippen LogP contribution is -2.38. The summed E-state index contributed by atoms with van der Waals surface area (Å²) < 4.78 is 26.9. The monoisotopic (exact) mass is 444 g/mol. The van der Waals surface area contributed by atoms with Gasteiger partial charge in [0.15, 0.2) is 0 Å². The highest BCUT2D eigenvalue weighted by molar-refractivity contribution is 7.89. The molecule has 8 nitrogen and oxygen atoms in total. The summed E-state index contributed by atoms with van der Waals surface area (Å²) in [5.41, 5.74) is 8.00. The summed E-state index contributed by atoms with van der Waals surface area (Å²) in [6.45, 7) is 5.24. The Bertz CT molecular complexity index is 1060. The molecule has 1 saturated heterocycles. The SMILES string of the molecule is CCNS(=O)(=O)c1ccc(C)c(C(=O)Nc2ccc(N3CCC(C(N)=O)CC3)cc2)c1. The lowest BCUT2D eigenvalue weighted by atomic mass is 9.96. The lowest BCUT2D eigenvalue weighted by molar-refractivity contribution is -0.122. The third kappa shape index (κ3) is 5.42. The number of aryl methyl sites for hydroxylation is 1. The summed E-state index contributed by atoms with van der Waals surface area (Å²) in [5.74, 6) is -0.679. The number of primary amides is 1. The standard InChI is InChI=1S/C22H28N4O4S/c1-3-24-31(29,30)19-9-4-15(2)20(14-19)22(28)25-17-5-7-18(8-6-17)26-12-10-16(11-13-26)21(23)27/h4-9,14,16,24H,3,10-13H2,1-2H3,(H2,23,27)(H,25,28). The van der Waals surface area contributed by atoms with E-state index < -0.39 is 10.0 Å². The van der Waals surface area contributed by atoms with Crippen LogP contribution in [0.3, 0.4) is 0 Å². The highest BCUT2D eigenvalue weighted by Gasteiger charge is 2.23. The quantitative estimate of drug-likeness (QED) is 0.605. The number of piperidine rings is 1. The van der Waals surface area contributed by atoms with Crippen molar-refractivity contribution >= 4 is 33.2 Å². The predicted octanol–water partition coefficient (Wildman–Crippen LogP) is 2.25. The molecular formula is C22H28N4O4S. The Balaban J connectivity index is 1.69. The van der Waals surface area contributed by atoms with Crippen LogP contribution in [0.4, 0.5) is 11.4 Å². The fraction of sp³-hybridized carbons (Fsp3) is 0.364. The molecule has 9 heteroatoms. The molecule has 0 unspecified atom stereocenters. The maximum atomic E-state index is 12.8. The van der Waals surface area contributed by atoms with Crippen LogP contribution in [0.5, 0.6) is 0 Å². The summed E-state index contributed by atoms with van der Waals surface area (Å²) >= 11 is 0. The largest absolute Gasteiger partial charge is 0.371 e. The van der Waals surface area contributed by atoms with Crippen LogP contribution in [0.1, 0.15) is 35.7 Å². The van der Waals surface area contributed by atoms with Crippen molar-refractivity contribution in [1.29, 1.82) is 0 Å². The van der Waals surface area contributed by atoms with Crippen molar-refractivity contribution in [2.45, 2.75) is 31.6 Å². The number of hydrogen-bond donors (Lipinski definition) is 3. The zero-order valence-corrected chi connectivity index (χ0v) is 18.5. The second kappa shape index (κ2) is 9.49. The van der Waals surface area contributed by atoms with E-state index in [4.69, 9.17) is 5.73 Å². The second-order valence-electron chi connectivity index (χ2n) is 7.64. The van der Waals surface area contributed by atoms with Gasteiger partial charge in [-0.1, -0.05) is 13.0 Å². The second-order valence-corrected chi connectivity index (χ2v) is 9.41. The maximum absolute atomic E-state index is 12.8. The van der Waals surface area contributed by atoms with Crippen LogP contribution in [-0.4, -0.2) is 39.9 Å². The van der Waals surface area contributed by atoms with Crippen LogP contribution in [0.15, 0.2) is 47.4 Å². The number of hydrogen-bond acceptors (Lipinski definition) is 5. The first-order valence-corrected chi connectivity index (χ1v) is 11.8. The first-order valence-electron chi connectivity index (χ1n) is 10.3. The molecule has 1 heterocycles. The molecule has 4 N–H and O–H groups in total. The summed E-state index contributed by atoms with van der Waals surface area (Å²) in [7, 11) is -3.65. The molecule has 1 aliphatic rings. The van der Waals surface area contributed by atoms with Crippen molar-refractivity contribution in [2.24, 2.45) is 11.7 Å². The zero-order chi connectivity index (χ0) is 22.6. The molecule has 3 rings (SSSR count). The fourth-order valence-corrected chi connectivity index (χ4v) is 4.73. The Morgan fingerprint density at radius 3 is 2.32 bits per heavy atom. The zero-order valence-electron chi connectivity index (χ0n) is 17.7. The molecule has 0 atom stereocenters. The molecule has 0 aliphatic carbocycles. The molecule has 2 amide bonds. The van der Waals surface area contributed by atoms with E-state index in [2.05, 4.69) is 14.9 Å². The van der Waals surface area contributed by atoms with Crippen LogP contribution >= 0.6 is 0 Å². The van der Waals surface area contributed by atoms with E-state index in [1.165, 1.54) is 12.1 Å². The highest BCUT2D eigenvalue weighted by atomic mass is 32.2. The molecule has 0 spiro atoms. The van der Waals surface area contributed by atoms with Gasteiger partial charge in [-0.05, 0) is 61.7 Å². The summed E-state index contributed by atoms with van der Waals surface area (Å²) in [5, 5.41) is 2.83. The molecule has 2 aromatic rings. The molecule has 1 aliphatic heterocycles. The van der Waals surface area contributed by atoms with Crippen LogP contribution in [-0.2, 0) is 14.8 Å². The Labute approximate surface area is 182 Å². The van der Waals surface area contributed by atoms with Gasteiger partial charge in [0.25, 0.3) is 5.91 Å². The first kappa shape index (κ1) is 22.8. The number of carbonyl (C=O) groups is 2. The number of carbonyl (C=O) groups excluding carboxylic acids is 2. The van der Waals surface area contributed by atoms with Crippen LogP contribution in [0.25, 0.3) is 0 Å². The topological polar surface area (TPSA) is 122 Å². The van der Waals surface area contributed by atoms with Crippen molar-refractivity contribution in [3.63, 3.8) is 0 Å². The van der Waals surface area contributed by atoms with Gasteiger partial charge in [-0.15, -0.1) is 0 Å². The van der Waals surface area contributed by atoms with Crippen molar-refractivity contribution < 1.29 is 18.0 Å². The van der Waals surface area contributed by atoms with E-state index in [-0.39, 0.29) is 29.2 Å². The molecule has 0 radical (unpaired) electrons. The molecule has 166 valence electrons. The number of rotatable bonds is 7. The number of amides is 2. The maximum Gasteiger partial charge on any atom is 0.255 e. The number of sulfonamides is 1. The van der Waals surface area contributed by atoms with Crippen molar-refractivity contribution in [2.75, 3.05) is 29.9 Å². The summed E-state index contributed by atoms with van der Waals surface area (Å²) in [6, 6.07) is 11.9. The van der Waals surface area contributed by atoms with Crippen molar-refractivity contribution in [3.8, 4) is 0 Å². The van der Waals surface area contributed by atoms with Crippen molar-refractivity contribution in [1.82, 2.24) is 4.72 Å². The van der Waals surface area contributed by atoms with Gasteiger partial charge in [0, 0.05) is 42.5 Å². The van der Waals surface area contributed by atoms with E-state index in [0.29, 0.717) is 16.8 Å². The van der Waals surface area contributed by atoms with Gasteiger partial charge in [0.1, 0.15) is 0 Å². The Hall–Kier alpha value is -2.91. The van der Waals surface area contributed by atoms with Gasteiger partial charge in [-0.3, -0.25) is 9.59 Å². The van der Waals surface area contributed by atoms with E-state index in [9.17, 15) is 18.0 Å². The Morgan fingerprint density at radius 2 is 1.74 bits per heavy atom. The highest BCUT2D eigenvalue weighted by Crippen LogP contribution is 2.25. The Morgan fingerprint density at radius 1 is 1.10 bits per heavy atom. The molecular weight excluding hydrogens is 416 g/mol. The van der Waals surface area contributed by atoms with Crippen LogP contribution in [0.2, 0.25) is 0 Å². The van der Waals surface area contributed by atoms with E-state index in [0.717, 1.165) is 31.6 Å². The van der Waals surface area contributed by atoms with Crippen molar-refractivity contribution in [3.05, 3.63) is 53.6 Å². The molecule has 0 bridgehead atoms. The molecule has 31 heavy (non-hydrogen) atoms. The lowest BCUT2D eigenvalue weighted by Gasteiger charge is -2.32. The van der Waals surface area contributed by atoms with Gasteiger partial charge in [-0.25, -0.2) is 13.1 Å². The number of nitrogens with zero attached hydrogens (tertiary/aromatic N) is 1. The third-order valence-corrected chi connectivity index (χ3v) is 7.03. The predicted molar refractivity (Wildman–Crippen MR) is 121 cm³/mol. The molecule has 1 fully saturated rings. The minimum absolute atomic E-state index is 0.0554. The van der Waals surface area contributed by atoms with Crippen LogP contribution in [0, 0.1) is 12.8 Å². The average molecular weight is 445 g/mol. The molecule has 2 aromatic carbocycles. The average Bonchev–Trinajstić information content (AvgIpc) is 2.74. The summed E-state index contributed by atoms with van der Waals surface area (Å²) in [4.78, 5) is 26.3. The summed E-state index contributed by atoms with van der Waals surface area (Å²) in [6.07, 6.45) is 1.47. The van der Waals surface area contributed by atoms with E-state index in [1.807, 2.05) is 24.3 Å². The smallest absolute Gasteiger partial charge is 0.255 e. The fourth-order valence-electron chi connectivity index (χ4n) is 3.66. The Kier molecular flexibility index (Phi) is 6.97. The minimum atomic E-state index is -3.65. The van der Waals surface area contributed by atoms with Crippen LogP contribution < -0.4 is 20.7 Å². The van der Waals surface area contributed by atoms with E-state index in [1.54, 1.807) is 19.9 Å². The molecule has 0 saturated carbocycles. The van der Waals surface area contributed by atoms with E-state index >= 15 is 0 Å². The normalized spacial score (nSPS) is 15.0. The van der Waals surface area contributed by atoms with Gasteiger partial charge in [-0.2, -0.15) is 0 Å². The van der Waals surface area contributed by atoms with Gasteiger partial charge >= 0.3 is 0 Å². The number of nitrogens with two attached hydrogens (primary N) is 1. The van der Waals surface area contributed by atoms with Gasteiger partial charge < -0.3 is 16.0 Å². The number of benzene rings is 2. The number of anilines is 2. The molecule has 0 aromatic heterocycles.